The number of carbonyl (C=O) groups is 2. The summed E-state index contributed by atoms with van der Waals surface area (Å²) in [6.45, 7) is 0.906. The Labute approximate surface area is 184 Å². The van der Waals surface area contributed by atoms with Gasteiger partial charge < -0.3 is 10.2 Å². The number of benzene rings is 2. The number of nitrogens with one attached hydrogen (secondary N) is 1. The van der Waals surface area contributed by atoms with E-state index in [1.807, 2.05) is 59.5 Å². The topological polar surface area (TPSA) is 62.3 Å². The Morgan fingerprint density at radius 3 is 2.57 bits per heavy atom. The highest BCUT2D eigenvalue weighted by atomic mass is 35.5. The summed E-state index contributed by atoms with van der Waals surface area (Å²) in [5, 5.41) is 3.48. The molecule has 3 aromatic rings. The maximum absolute atomic E-state index is 12.4. The molecule has 1 saturated heterocycles. The van der Waals surface area contributed by atoms with Crippen molar-refractivity contribution in [3.8, 4) is 0 Å². The molecule has 0 radical (unpaired) electrons. The van der Waals surface area contributed by atoms with Gasteiger partial charge in [0, 0.05) is 23.3 Å². The van der Waals surface area contributed by atoms with Crippen molar-refractivity contribution in [1.82, 2.24) is 15.2 Å². The Morgan fingerprint density at radius 1 is 1.10 bits per heavy atom. The molecule has 0 saturated carbocycles. The van der Waals surface area contributed by atoms with E-state index in [2.05, 4.69) is 10.3 Å². The molecular weight excluding hydrogens is 418 g/mol. The first-order chi connectivity index (χ1) is 14.6. The Kier molecular flexibility index (Phi) is 6.35. The van der Waals surface area contributed by atoms with Gasteiger partial charge >= 0.3 is 0 Å². The van der Waals surface area contributed by atoms with Crippen LogP contribution in [0, 0.1) is 0 Å². The highest BCUT2D eigenvalue weighted by molar-refractivity contribution is 8.00. The number of aromatic nitrogens is 1. The number of amides is 2. The van der Waals surface area contributed by atoms with E-state index in [1.54, 1.807) is 30.1 Å². The normalized spacial score (nSPS) is 16.0. The van der Waals surface area contributed by atoms with E-state index in [9.17, 15) is 9.59 Å². The Bertz CT molecular complexity index is 1030. The molecule has 1 atom stereocenters. The number of nitrogens with zero attached hydrogens (tertiary/aromatic N) is 2. The van der Waals surface area contributed by atoms with Gasteiger partial charge in [-0.25, -0.2) is 0 Å². The van der Waals surface area contributed by atoms with Gasteiger partial charge in [0.25, 0.3) is 5.91 Å². The van der Waals surface area contributed by atoms with Crippen LogP contribution in [0.5, 0.6) is 0 Å². The van der Waals surface area contributed by atoms with Crippen molar-refractivity contribution in [3.05, 3.63) is 100 Å². The molecule has 7 heteroatoms. The zero-order valence-corrected chi connectivity index (χ0v) is 17.7. The summed E-state index contributed by atoms with van der Waals surface area (Å²) in [5.41, 5.74) is 3.42. The van der Waals surface area contributed by atoms with E-state index in [1.165, 1.54) is 0 Å². The van der Waals surface area contributed by atoms with Gasteiger partial charge in [0.15, 0.2) is 0 Å². The molecule has 1 N–H and O–H groups in total. The molecule has 2 amide bonds. The fraction of sp³-hybridized carbons (Fsp3) is 0.174. The van der Waals surface area contributed by atoms with Gasteiger partial charge in [0.2, 0.25) is 5.91 Å². The summed E-state index contributed by atoms with van der Waals surface area (Å²) >= 11 is 7.56. The highest BCUT2D eigenvalue weighted by Gasteiger charge is 2.32. The maximum Gasteiger partial charge on any atom is 0.251 e. The van der Waals surface area contributed by atoms with Crippen LogP contribution in [0.25, 0.3) is 0 Å². The number of thioether (sulfide) groups is 1. The molecule has 0 bridgehead atoms. The third kappa shape index (κ3) is 4.83. The van der Waals surface area contributed by atoms with Crippen LogP contribution < -0.4 is 5.32 Å². The second kappa shape index (κ2) is 9.32. The first kappa shape index (κ1) is 20.4. The molecule has 0 unspecified atom stereocenters. The molecule has 0 spiro atoms. The van der Waals surface area contributed by atoms with E-state index in [0.29, 0.717) is 29.4 Å². The molecule has 1 fully saturated rings. The summed E-state index contributed by atoms with van der Waals surface area (Å²) in [4.78, 5) is 30.9. The van der Waals surface area contributed by atoms with Crippen molar-refractivity contribution < 1.29 is 9.59 Å². The van der Waals surface area contributed by atoms with E-state index < -0.39 is 0 Å². The molecule has 4 rings (SSSR count). The number of halogens is 1. The van der Waals surface area contributed by atoms with E-state index in [-0.39, 0.29) is 17.2 Å². The highest BCUT2D eigenvalue weighted by Crippen LogP contribution is 2.39. The van der Waals surface area contributed by atoms with E-state index in [0.717, 1.165) is 16.8 Å². The average molecular weight is 438 g/mol. The predicted molar refractivity (Wildman–Crippen MR) is 119 cm³/mol. The summed E-state index contributed by atoms with van der Waals surface area (Å²) < 4.78 is 0. The van der Waals surface area contributed by atoms with Gasteiger partial charge in [-0.05, 0) is 47.5 Å². The molecular formula is C23H20ClN3O2S. The standard InChI is InChI=1S/C23H20ClN3O2S/c24-19-10-4-16(5-11-19)14-27-21(28)15-30-23(27)18-8-6-17(7-9-18)22(29)26-13-20-3-1-2-12-25-20/h1-12,23H,13-15H2,(H,26,29)/t23-/m1/s1. The van der Waals surface area contributed by atoms with Crippen LogP contribution in [-0.4, -0.2) is 27.5 Å². The van der Waals surface area contributed by atoms with Gasteiger partial charge in [0.1, 0.15) is 5.37 Å². The van der Waals surface area contributed by atoms with Crippen LogP contribution in [0.2, 0.25) is 5.02 Å². The largest absolute Gasteiger partial charge is 0.346 e. The number of pyridine rings is 1. The van der Waals surface area contributed by atoms with E-state index >= 15 is 0 Å². The van der Waals surface area contributed by atoms with Crippen molar-refractivity contribution in [1.29, 1.82) is 0 Å². The van der Waals surface area contributed by atoms with Gasteiger partial charge in [-0.2, -0.15) is 0 Å². The Balaban J connectivity index is 1.42. The minimum absolute atomic E-state index is 0.0705. The summed E-state index contributed by atoms with van der Waals surface area (Å²) in [6, 6.07) is 20.6. The minimum atomic E-state index is -0.152. The van der Waals surface area contributed by atoms with Crippen molar-refractivity contribution in [2.75, 3.05) is 5.75 Å². The van der Waals surface area contributed by atoms with Crippen LogP contribution >= 0.6 is 23.4 Å². The second-order valence-electron chi connectivity index (χ2n) is 6.94. The van der Waals surface area contributed by atoms with Crippen molar-refractivity contribution in [3.63, 3.8) is 0 Å². The molecule has 1 aliphatic rings. The zero-order chi connectivity index (χ0) is 20.9. The number of rotatable bonds is 6. The van der Waals surface area contributed by atoms with Crippen LogP contribution in [0.1, 0.15) is 32.6 Å². The molecule has 1 aromatic heterocycles. The van der Waals surface area contributed by atoms with Gasteiger partial charge in [-0.3, -0.25) is 14.6 Å². The summed E-state index contributed by atoms with van der Waals surface area (Å²) in [6.07, 6.45) is 1.70. The monoisotopic (exact) mass is 437 g/mol. The Hall–Kier alpha value is -2.83. The molecule has 2 heterocycles. The average Bonchev–Trinajstić information content (AvgIpc) is 3.14. The van der Waals surface area contributed by atoms with Crippen LogP contribution in [-0.2, 0) is 17.9 Å². The smallest absolute Gasteiger partial charge is 0.251 e. The predicted octanol–water partition coefficient (Wildman–Crippen LogP) is 4.44. The van der Waals surface area contributed by atoms with Gasteiger partial charge in [-0.1, -0.05) is 41.9 Å². The number of carbonyl (C=O) groups excluding carboxylic acids is 2. The quantitative estimate of drug-likeness (QED) is 0.619. The van der Waals surface area contributed by atoms with Crippen molar-refractivity contribution in [2.24, 2.45) is 0 Å². The molecule has 30 heavy (non-hydrogen) atoms. The minimum Gasteiger partial charge on any atom is -0.346 e. The third-order valence-electron chi connectivity index (χ3n) is 4.85. The number of hydrogen-bond acceptors (Lipinski definition) is 4. The lowest BCUT2D eigenvalue weighted by Crippen LogP contribution is -2.27. The molecule has 2 aromatic carbocycles. The van der Waals surface area contributed by atoms with Gasteiger partial charge in [0.05, 0.1) is 18.0 Å². The van der Waals surface area contributed by atoms with Crippen LogP contribution in [0.3, 0.4) is 0 Å². The summed E-state index contributed by atoms with van der Waals surface area (Å²) in [7, 11) is 0. The van der Waals surface area contributed by atoms with Crippen LogP contribution in [0.4, 0.5) is 0 Å². The third-order valence-corrected chi connectivity index (χ3v) is 6.36. The van der Waals surface area contributed by atoms with Crippen LogP contribution in [0.15, 0.2) is 72.9 Å². The lowest BCUT2D eigenvalue weighted by molar-refractivity contribution is -0.128. The fourth-order valence-electron chi connectivity index (χ4n) is 3.26. The number of hydrogen-bond donors (Lipinski definition) is 1. The first-order valence-electron chi connectivity index (χ1n) is 9.54. The Morgan fingerprint density at radius 2 is 1.87 bits per heavy atom. The SMILES string of the molecule is O=C(NCc1ccccn1)c1ccc([C@H]2SCC(=O)N2Cc2ccc(Cl)cc2)cc1. The van der Waals surface area contributed by atoms with Crippen molar-refractivity contribution >= 4 is 35.2 Å². The summed E-state index contributed by atoms with van der Waals surface area (Å²) in [5.74, 6) is 0.405. The fourth-order valence-corrected chi connectivity index (χ4v) is 4.58. The first-order valence-corrected chi connectivity index (χ1v) is 11.0. The van der Waals surface area contributed by atoms with Crippen molar-refractivity contribution in [2.45, 2.75) is 18.5 Å². The lowest BCUT2D eigenvalue weighted by Gasteiger charge is -2.24. The van der Waals surface area contributed by atoms with E-state index in [4.69, 9.17) is 11.6 Å². The second-order valence-corrected chi connectivity index (χ2v) is 8.44. The zero-order valence-electron chi connectivity index (χ0n) is 16.1. The maximum atomic E-state index is 12.4. The molecule has 152 valence electrons. The molecule has 1 aliphatic heterocycles. The lowest BCUT2D eigenvalue weighted by atomic mass is 10.1. The molecule has 0 aliphatic carbocycles. The molecule has 5 nitrogen and oxygen atoms in total. The van der Waals surface area contributed by atoms with Gasteiger partial charge in [-0.15, -0.1) is 11.8 Å².